The minimum absolute atomic E-state index is 0.103. The van der Waals surface area contributed by atoms with Crippen molar-refractivity contribution < 1.29 is 14.6 Å². The SMILES string of the molecule is Cc1ccc(OCc2ccc(C(=O)O)cc2)c(C(C)N)c1. The van der Waals surface area contributed by atoms with Crippen LogP contribution in [0.3, 0.4) is 0 Å². The maximum Gasteiger partial charge on any atom is 0.335 e. The predicted molar refractivity (Wildman–Crippen MR) is 81.5 cm³/mol. The largest absolute Gasteiger partial charge is 0.489 e. The van der Waals surface area contributed by atoms with Gasteiger partial charge in [-0.25, -0.2) is 4.79 Å². The lowest BCUT2D eigenvalue weighted by Crippen LogP contribution is -2.08. The molecule has 1 atom stereocenters. The average Bonchev–Trinajstić information content (AvgIpc) is 2.46. The number of nitrogens with two attached hydrogens (primary N) is 1. The quantitative estimate of drug-likeness (QED) is 0.884. The van der Waals surface area contributed by atoms with Crippen molar-refractivity contribution in [2.75, 3.05) is 0 Å². The second-order valence-electron chi connectivity index (χ2n) is 5.12. The standard InChI is InChI=1S/C17H19NO3/c1-11-3-8-16(15(9-11)12(2)18)21-10-13-4-6-14(7-5-13)17(19)20/h3-9,12H,10,18H2,1-2H3,(H,19,20). The molecule has 0 aromatic heterocycles. The Morgan fingerprint density at radius 3 is 2.48 bits per heavy atom. The Bertz CT molecular complexity index is 633. The Morgan fingerprint density at radius 2 is 1.90 bits per heavy atom. The van der Waals surface area contributed by atoms with Crippen LogP contribution in [0.25, 0.3) is 0 Å². The van der Waals surface area contributed by atoms with Crippen LogP contribution in [0.15, 0.2) is 42.5 Å². The molecule has 0 spiro atoms. The second kappa shape index (κ2) is 6.41. The van der Waals surface area contributed by atoms with Crippen LogP contribution in [0, 0.1) is 6.92 Å². The van der Waals surface area contributed by atoms with Crippen LogP contribution in [0.4, 0.5) is 0 Å². The minimum atomic E-state index is -0.930. The van der Waals surface area contributed by atoms with Crippen LogP contribution in [0.5, 0.6) is 5.75 Å². The zero-order valence-electron chi connectivity index (χ0n) is 12.2. The van der Waals surface area contributed by atoms with E-state index in [-0.39, 0.29) is 11.6 Å². The predicted octanol–water partition coefficient (Wildman–Crippen LogP) is 3.29. The number of ether oxygens (including phenoxy) is 1. The summed E-state index contributed by atoms with van der Waals surface area (Å²) in [5.74, 6) is -0.168. The maximum atomic E-state index is 10.8. The molecule has 0 amide bonds. The zero-order valence-corrected chi connectivity index (χ0v) is 12.2. The molecule has 2 rings (SSSR count). The molecular weight excluding hydrogens is 266 g/mol. The lowest BCUT2D eigenvalue weighted by atomic mass is 10.1. The van der Waals surface area contributed by atoms with Crippen molar-refractivity contribution in [3.05, 3.63) is 64.7 Å². The number of carboxylic acids is 1. The van der Waals surface area contributed by atoms with E-state index in [2.05, 4.69) is 0 Å². The molecule has 0 aliphatic rings. The number of aryl methyl sites for hydroxylation is 1. The first-order valence-electron chi connectivity index (χ1n) is 6.78. The van der Waals surface area contributed by atoms with E-state index in [0.717, 1.165) is 22.4 Å². The van der Waals surface area contributed by atoms with E-state index >= 15 is 0 Å². The Balaban J connectivity index is 2.11. The number of rotatable bonds is 5. The lowest BCUT2D eigenvalue weighted by Gasteiger charge is -2.15. The van der Waals surface area contributed by atoms with Crippen molar-refractivity contribution in [2.45, 2.75) is 26.5 Å². The average molecular weight is 285 g/mol. The molecule has 0 aliphatic heterocycles. The number of carboxylic acid groups (broad SMARTS) is 1. The number of benzene rings is 2. The van der Waals surface area contributed by atoms with Crippen molar-refractivity contribution in [3.8, 4) is 5.75 Å². The van der Waals surface area contributed by atoms with Gasteiger partial charge in [0.2, 0.25) is 0 Å². The van der Waals surface area contributed by atoms with Crippen molar-refractivity contribution in [2.24, 2.45) is 5.73 Å². The Morgan fingerprint density at radius 1 is 1.24 bits per heavy atom. The van der Waals surface area contributed by atoms with Crippen LogP contribution < -0.4 is 10.5 Å². The molecule has 0 radical (unpaired) electrons. The van der Waals surface area contributed by atoms with E-state index in [0.29, 0.717) is 6.61 Å². The Hall–Kier alpha value is -2.33. The Labute approximate surface area is 124 Å². The van der Waals surface area contributed by atoms with E-state index < -0.39 is 5.97 Å². The third kappa shape index (κ3) is 3.83. The van der Waals surface area contributed by atoms with Crippen LogP contribution in [-0.2, 0) is 6.61 Å². The van der Waals surface area contributed by atoms with E-state index in [1.807, 2.05) is 32.0 Å². The molecule has 2 aromatic rings. The fourth-order valence-corrected chi connectivity index (χ4v) is 2.06. The molecule has 2 aromatic carbocycles. The fourth-order valence-electron chi connectivity index (χ4n) is 2.06. The Kier molecular flexibility index (Phi) is 4.60. The molecule has 0 saturated carbocycles. The highest BCUT2D eigenvalue weighted by molar-refractivity contribution is 5.87. The molecule has 0 aliphatic carbocycles. The number of hydrogen-bond donors (Lipinski definition) is 2. The molecule has 0 fully saturated rings. The van der Waals surface area contributed by atoms with E-state index in [1.54, 1.807) is 24.3 Å². The van der Waals surface area contributed by atoms with Gasteiger partial charge in [-0.3, -0.25) is 0 Å². The first-order chi connectivity index (χ1) is 9.97. The van der Waals surface area contributed by atoms with Gasteiger partial charge in [0.25, 0.3) is 0 Å². The van der Waals surface area contributed by atoms with Gasteiger partial charge in [-0.2, -0.15) is 0 Å². The highest BCUT2D eigenvalue weighted by Crippen LogP contribution is 2.25. The lowest BCUT2D eigenvalue weighted by molar-refractivity contribution is 0.0697. The van der Waals surface area contributed by atoms with Crippen LogP contribution >= 0.6 is 0 Å². The van der Waals surface area contributed by atoms with Crippen molar-refractivity contribution in [1.29, 1.82) is 0 Å². The first-order valence-corrected chi connectivity index (χ1v) is 6.78. The van der Waals surface area contributed by atoms with E-state index in [1.165, 1.54) is 0 Å². The zero-order chi connectivity index (χ0) is 15.4. The van der Waals surface area contributed by atoms with Gasteiger partial charge in [-0.05, 0) is 37.6 Å². The first kappa shape index (κ1) is 15.1. The monoisotopic (exact) mass is 285 g/mol. The molecule has 110 valence electrons. The highest BCUT2D eigenvalue weighted by Gasteiger charge is 2.09. The summed E-state index contributed by atoms with van der Waals surface area (Å²) in [7, 11) is 0. The van der Waals surface area contributed by atoms with Gasteiger partial charge in [0.05, 0.1) is 5.56 Å². The summed E-state index contributed by atoms with van der Waals surface area (Å²) in [6, 6.07) is 12.5. The van der Waals surface area contributed by atoms with Gasteiger partial charge in [0, 0.05) is 11.6 Å². The normalized spacial score (nSPS) is 12.0. The summed E-state index contributed by atoms with van der Waals surface area (Å²) in [6.07, 6.45) is 0. The van der Waals surface area contributed by atoms with Crippen molar-refractivity contribution in [3.63, 3.8) is 0 Å². The summed E-state index contributed by atoms with van der Waals surface area (Å²) >= 11 is 0. The summed E-state index contributed by atoms with van der Waals surface area (Å²) in [6.45, 7) is 4.31. The van der Waals surface area contributed by atoms with Gasteiger partial charge < -0.3 is 15.6 Å². The van der Waals surface area contributed by atoms with Gasteiger partial charge in [-0.15, -0.1) is 0 Å². The molecule has 0 saturated heterocycles. The minimum Gasteiger partial charge on any atom is -0.489 e. The number of carbonyl (C=O) groups is 1. The number of aromatic carboxylic acids is 1. The van der Waals surface area contributed by atoms with Crippen LogP contribution in [-0.4, -0.2) is 11.1 Å². The van der Waals surface area contributed by atoms with Gasteiger partial charge in [-0.1, -0.05) is 29.8 Å². The molecule has 1 unspecified atom stereocenters. The smallest absolute Gasteiger partial charge is 0.335 e. The molecular formula is C17H19NO3. The molecule has 4 nitrogen and oxygen atoms in total. The van der Waals surface area contributed by atoms with Crippen molar-refractivity contribution >= 4 is 5.97 Å². The molecule has 3 N–H and O–H groups in total. The second-order valence-corrected chi connectivity index (χ2v) is 5.12. The topological polar surface area (TPSA) is 72.5 Å². The van der Waals surface area contributed by atoms with Crippen LogP contribution in [0.1, 0.15) is 40.0 Å². The van der Waals surface area contributed by atoms with Gasteiger partial charge in [0.15, 0.2) is 0 Å². The van der Waals surface area contributed by atoms with Crippen molar-refractivity contribution in [1.82, 2.24) is 0 Å². The maximum absolute atomic E-state index is 10.8. The summed E-state index contributed by atoms with van der Waals surface area (Å²) in [5, 5.41) is 8.86. The number of hydrogen-bond acceptors (Lipinski definition) is 3. The fraction of sp³-hybridized carbons (Fsp3) is 0.235. The molecule has 0 bridgehead atoms. The molecule has 21 heavy (non-hydrogen) atoms. The van der Waals surface area contributed by atoms with E-state index in [4.69, 9.17) is 15.6 Å². The van der Waals surface area contributed by atoms with E-state index in [9.17, 15) is 4.79 Å². The molecule has 4 heteroatoms. The summed E-state index contributed by atoms with van der Waals surface area (Å²) in [5.41, 5.74) is 9.25. The third-order valence-electron chi connectivity index (χ3n) is 3.25. The van der Waals surface area contributed by atoms with Gasteiger partial charge in [0.1, 0.15) is 12.4 Å². The highest BCUT2D eigenvalue weighted by atomic mass is 16.5. The van der Waals surface area contributed by atoms with Crippen LogP contribution in [0.2, 0.25) is 0 Å². The third-order valence-corrected chi connectivity index (χ3v) is 3.25. The molecule has 0 heterocycles. The van der Waals surface area contributed by atoms with Gasteiger partial charge >= 0.3 is 5.97 Å². The summed E-state index contributed by atoms with van der Waals surface area (Å²) < 4.78 is 5.81. The summed E-state index contributed by atoms with van der Waals surface area (Å²) in [4.78, 5) is 10.8.